The van der Waals surface area contributed by atoms with Gasteiger partial charge >= 0.3 is 6.03 Å². The summed E-state index contributed by atoms with van der Waals surface area (Å²) in [5, 5.41) is 5.31. The molecule has 17 heavy (non-hydrogen) atoms. The number of nitrogens with one attached hydrogen (secondary N) is 2. The van der Waals surface area contributed by atoms with Crippen molar-refractivity contribution in [1.29, 1.82) is 0 Å². The van der Waals surface area contributed by atoms with E-state index in [9.17, 15) is 4.79 Å². The van der Waals surface area contributed by atoms with Crippen molar-refractivity contribution in [1.82, 2.24) is 10.6 Å². The number of alkyl halides is 1. The molecule has 92 valence electrons. The molecule has 2 amide bonds. The maximum Gasteiger partial charge on any atom is 0.318 e. The van der Waals surface area contributed by atoms with E-state index in [1.54, 1.807) is 6.20 Å². The van der Waals surface area contributed by atoms with Gasteiger partial charge in [0.1, 0.15) is 0 Å². The highest BCUT2D eigenvalue weighted by molar-refractivity contribution is 9.10. The van der Waals surface area contributed by atoms with Crippen LogP contribution in [0, 0.1) is 0 Å². The average molecular weight is 318 g/mol. The van der Waals surface area contributed by atoms with Gasteiger partial charge in [-0.25, -0.2) is 4.79 Å². The Kier molecular flexibility index (Phi) is 6.74. The number of benzene rings is 1. The summed E-state index contributed by atoms with van der Waals surface area (Å²) in [6, 6.07) is 7.58. The molecule has 0 unspecified atom stereocenters. The third kappa shape index (κ3) is 6.34. The van der Waals surface area contributed by atoms with E-state index < -0.39 is 0 Å². The molecule has 0 aliphatic heterocycles. The molecule has 2 N–H and O–H groups in total. The molecular formula is C12H14BrClN2O. The van der Waals surface area contributed by atoms with Crippen LogP contribution in [-0.2, 0) is 0 Å². The topological polar surface area (TPSA) is 41.1 Å². The molecule has 1 rings (SSSR count). The first-order chi connectivity index (χ1) is 8.22. The van der Waals surface area contributed by atoms with E-state index in [1.807, 2.05) is 30.3 Å². The van der Waals surface area contributed by atoms with E-state index >= 15 is 0 Å². The Morgan fingerprint density at radius 1 is 1.47 bits per heavy atom. The first-order valence-corrected chi connectivity index (χ1v) is 6.57. The maximum absolute atomic E-state index is 11.2. The van der Waals surface area contributed by atoms with Crippen LogP contribution in [0.3, 0.4) is 0 Å². The van der Waals surface area contributed by atoms with Crippen LogP contribution in [0.4, 0.5) is 4.79 Å². The van der Waals surface area contributed by atoms with Crippen LogP contribution in [0.1, 0.15) is 12.0 Å². The monoisotopic (exact) mass is 316 g/mol. The largest absolute Gasteiger partial charge is 0.338 e. The Bertz CT molecular complexity index is 396. The summed E-state index contributed by atoms with van der Waals surface area (Å²) in [6.45, 7) is 0.583. The normalized spacial score (nSPS) is 10.5. The first kappa shape index (κ1) is 14.1. The van der Waals surface area contributed by atoms with Crippen LogP contribution >= 0.6 is 27.5 Å². The number of carbonyl (C=O) groups is 1. The number of carbonyl (C=O) groups excluding carboxylic acids is 1. The number of halogens is 2. The molecule has 5 heteroatoms. The SMILES string of the molecule is O=C(N/C=C/c1cccc(Br)c1)NCCCCl. The van der Waals surface area contributed by atoms with Crippen LogP contribution in [0.25, 0.3) is 6.08 Å². The molecule has 0 fully saturated rings. The second kappa shape index (κ2) is 8.14. The lowest BCUT2D eigenvalue weighted by Crippen LogP contribution is -2.32. The summed E-state index contributed by atoms with van der Waals surface area (Å²) in [5.41, 5.74) is 1.01. The second-order valence-corrected chi connectivity index (χ2v) is 4.62. The quantitative estimate of drug-likeness (QED) is 0.634. The van der Waals surface area contributed by atoms with Crippen molar-refractivity contribution >= 4 is 39.6 Å². The molecule has 1 aromatic rings. The highest BCUT2D eigenvalue weighted by Gasteiger charge is 1.94. The fraction of sp³-hybridized carbons (Fsp3) is 0.250. The molecule has 3 nitrogen and oxygen atoms in total. The van der Waals surface area contributed by atoms with Gasteiger partial charge in [-0.3, -0.25) is 0 Å². The first-order valence-electron chi connectivity index (χ1n) is 5.25. The van der Waals surface area contributed by atoms with Gasteiger partial charge in [0.15, 0.2) is 0 Å². The molecule has 0 bridgehead atoms. The van der Waals surface area contributed by atoms with E-state index in [-0.39, 0.29) is 6.03 Å². The standard InChI is InChI=1S/C12H14BrClN2O/c13-11-4-1-3-10(9-11)5-8-16-12(17)15-7-2-6-14/h1,3-5,8-9H,2,6-7H2,(H2,15,16,17)/b8-5+. The molecule has 1 aromatic carbocycles. The molecule has 0 heterocycles. The predicted octanol–water partition coefficient (Wildman–Crippen LogP) is 3.35. The van der Waals surface area contributed by atoms with Gasteiger partial charge in [0.25, 0.3) is 0 Å². The third-order valence-corrected chi connectivity index (χ3v) is 2.70. The number of hydrogen-bond acceptors (Lipinski definition) is 1. The van der Waals surface area contributed by atoms with Crippen molar-refractivity contribution in [3.8, 4) is 0 Å². The Morgan fingerprint density at radius 2 is 2.29 bits per heavy atom. The Morgan fingerprint density at radius 3 is 3.00 bits per heavy atom. The minimum atomic E-state index is -0.221. The zero-order chi connectivity index (χ0) is 12.5. The van der Waals surface area contributed by atoms with E-state index in [0.717, 1.165) is 16.5 Å². The summed E-state index contributed by atoms with van der Waals surface area (Å²) in [6.07, 6.45) is 4.20. The van der Waals surface area contributed by atoms with Crippen molar-refractivity contribution in [2.45, 2.75) is 6.42 Å². The van der Waals surface area contributed by atoms with Crippen LogP contribution in [-0.4, -0.2) is 18.5 Å². The van der Waals surface area contributed by atoms with Gasteiger partial charge in [0, 0.05) is 23.1 Å². The molecule has 0 spiro atoms. The molecule has 0 aliphatic rings. The molecule has 0 radical (unpaired) electrons. The molecule has 0 atom stereocenters. The van der Waals surface area contributed by atoms with Gasteiger partial charge in [0.05, 0.1) is 0 Å². The van der Waals surface area contributed by atoms with Crippen molar-refractivity contribution in [3.63, 3.8) is 0 Å². The molecular weight excluding hydrogens is 304 g/mol. The summed E-state index contributed by atoms with van der Waals surface area (Å²) in [5.74, 6) is 0.550. The smallest absolute Gasteiger partial charge is 0.318 e. The van der Waals surface area contributed by atoms with Crippen molar-refractivity contribution in [3.05, 3.63) is 40.5 Å². The van der Waals surface area contributed by atoms with Crippen molar-refractivity contribution in [2.75, 3.05) is 12.4 Å². The highest BCUT2D eigenvalue weighted by atomic mass is 79.9. The maximum atomic E-state index is 11.2. The van der Waals surface area contributed by atoms with Crippen LogP contribution in [0.5, 0.6) is 0 Å². The van der Waals surface area contributed by atoms with Crippen molar-refractivity contribution < 1.29 is 4.79 Å². The minimum Gasteiger partial charge on any atom is -0.338 e. The summed E-state index contributed by atoms with van der Waals surface area (Å²) in [4.78, 5) is 11.2. The number of rotatable bonds is 5. The van der Waals surface area contributed by atoms with Gasteiger partial charge in [-0.05, 0) is 30.2 Å². The lowest BCUT2D eigenvalue weighted by molar-refractivity contribution is 0.244. The van der Waals surface area contributed by atoms with Gasteiger partial charge in [-0.1, -0.05) is 28.1 Å². The second-order valence-electron chi connectivity index (χ2n) is 3.33. The van der Waals surface area contributed by atoms with E-state index in [1.165, 1.54) is 0 Å². The fourth-order valence-corrected chi connectivity index (χ4v) is 1.69. The third-order valence-electron chi connectivity index (χ3n) is 1.93. The summed E-state index contributed by atoms with van der Waals surface area (Å²) >= 11 is 8.87. The van der Waals surface area contributed by atoms with E-state index in [4.69, 9.17) is 11.6 Å². The fourth-order valence-electron chi connectivity index (χ4n) is 1.14. The minimum absolute atomic E-state index is 0.221. The van der Waals surface area contributed by atoms with Crippen LogP contribution in [0.2, 0.25) is 0 Å². The van der Waals surface area contributed by atoms with Gasteiger partial charge < -0.3 is 10.6 Å². The molecule has 0 aromatic heterocycles. The average Bonchev–Trinajstić information content (AvgIpc) is 2.29. The van der Waals surface area contributed by atoms with E-state index in [0.29, 0.717) is 12.4 Å². The van der Waals surface area contributed by atoms with Gasteiger partial charge in [-0.15, -0.1) is 11.6 Å². The Labute approximate surface area is 114 Å². The van der Waals surface area contributed by atoms with Crippen molar-refractivity contribution in [2.24, 2.45) is 0 Å². The number of hydrogen-bond donors (Lipinski definition) is 2. The summed E-state index contributed by atoms with van der Waals surface area (Å²) < 4.78 is 1.01. The zero-order valence-electron chi connectivity index (χ0n) is 9.25. The summed E-state index contributed by atoms with van der Waals surface area (Å²) in [7, 11) is 0. The Balaban J connectivity index is 2.32. The highest BCUT2D eigenvalue weighted by Crippen LogP contribution is 2.12. The number of urea groups is 1. The number of amides is 2. The molecule has 0 aliphatic carbocycles. The Hall–Kier alpha value is -1.000. The lowest BCUT2D eigenvalue weighted by Gasteiger charge is -2.02. The van der Waals surface area contributed by atoms with E-state index in [2.05, 4.69) is 26.6 Å². The molecule has 0 saturated heterocycles. The lowest BCUT2D eigenvalue weighted by atomic mass is 10.2. The van der Waals surface area contributed by atoms with Crippen LogP contribution < -0.4 is 10.6 Å². The molecule has 0 saturated carbocycles. The zero-order valence-corrected chi connectivity index (χ0v) is 11.6. The van der Waals surface area contributed by atoms with Gasteiger partial charge in [-0.2, -0.15) is 0 Å². The van der Waals surface area contributed by atoms with Crippen LogP contribution in [0.15, 0.2) is 34.9 Å². The predicted molar refractivity (Wildman–Crippen MR) is 75.0 cm³/mol. The van der Waals surface area contributed by atoms with Gasteiger partial charge in [0.2, 0.25) is 0 Å².